The summed E-state index contributed by atoms with van der Waals surface area (Å²) in [6.07, 6.45) is 5.66. The highest BCUT2D eigenvalue weighted by Crippen LogP contribution is 2.31. The van der Waals surface area contributed by atoms with Crippen LogP contribution in [-0.2, 0) is 17.7 Å². The number of halogens is 2. The van der Waals surface area contributed by atoms with Gasteiger partial charge in [-0.1, -0.05) is 23.7 Å². The number of H-pyrrole nitrogens is 1. The smallest absolute Gasteiger partial charge is 0.354 e. The Bertz CT molecular complexity index is 1600. The maximum absolute atomic E-state index is 15.1. The van der Waals surface area contributed by atoms with Gasteiger partial charge >= 0.3 is 5.69 Å². The zero-order valence-electron chi connectivity index (χ0n) is 25.7. The molecular weight excluding hydrogens is 581 g/mol. The highest BCUT2D eigenvalue weighted by atomic mass is 35.5. The third kappa shape index (κ3) is 9.22. The number of hydrogen-bond donors (Lipinski definition) is 5. The van der Waals surface area contributed by atoms with Crippen LogP contribution in [0.25, 0.3) is 28.0 Å². The molecule has 1 unspecified atom stereocenters. The largest absolute Gasteiger partial charge is 0.381 e. The number of nitrogens with zero attached hydrogens (tertiary/aromatic N) is 2. The van der Waals surface area contributed by atoms with Gasteiger partial charge in [0.05, 0.1) is 28.8 Å². The van der Waals surface area contributed by atoms with E-state index in [4.69, 9.17) is 27.5 Å². The van der Waals surface area contributed by atoms with Crippen molar-refractivity contribution in [3.8, 4) is 16.9 Å². The minimum absolute atomic E-state index is 0.0546. The Hall–Kier alpha value is -3.57. The molecule has 44 heavy (non-hydrogen) atoms. The number of aryl methyl sites for hydroxylation is 1. The van der Waals surface area contributed by atoms with Crippen LogP contribution >= 0.6 is 11.6 Å². The van der Waals surface area contributed by atoms with Gasteiger partial charge in [0.1, 0.15) is 5.65 Å². The van der Waals surface area contributed by atoms with Crippen LogP contribution in [0.3, 0.4) is 0 Å². The minimum Gasteiger partial charge on any atom is -0.381 e. The standard InChI is InChI=1S/C33H43ClFN7O2/c1-4-44-15-13-30(37)38-14-12-22(3)39-19-23-8-10-26(11-9-23)42-20-25-18-29(40-32(25)41-33(42)43)27-16-24(7-5-6-21(2)36)17-28(34)31(27)35/h8-11,16-18,20-22,39H,4-7,12-15,19,36H2,1-3H3,(H2,37,38)(H,40,41,43)/t21-,22?/m0/s1. The van der Waals surface area contributed by atoms with E-state index in [-0.39, 0.29) is 17.1 Å². The fourth-order valence-corrected chi connectivity index (χ4v) is 5.20. The number of nitrogens with two attached hydrogens (primary N) is 1. The van der Waals surface area contributed by atoms with Crippen LogP contribution < -0.4 is 22.1 Å². The molecule has 0 aliphatic heterocycles. The zero-order chi connectivity index (χ0) is 31.6. The first-order valence-electron chi connectivity index (χ1n) is 15.2. The van der Waals surface area contributed by atoms with Crippen LogP contribution in [0, 0.1) is 11.2 Å². The average Bonchev–Trinajstić information content (AvgIpc) is 3.40. The van der Waals surface area contributed by atoms with Gasteiger partial charge < -0.3 is 26.1 Å². The van der Waals surface area contributed by atoms with Crippen molar-refractivity contribution in [1.82, 2.24) is 25.2 Å². The second-order valence-electron chi connectivity index (χ2n) is 11.3. The van der Waals surface area contributed by atoms with Crippen molar-refractivity contribution in [1.29, 1.82) is 5.41 Å². The summed E-state index contributed by atoms with van der Waals surface area (Å²) < 4.78 is 21.9. The first-order valence-corrected chi connectivity index (χ1v) is 15.6. The number of fused-ring (bicyclic) bond motifs is 1. The van der Waals surface area contributed by atoms with Gasteiger partial charge in [0.25, 0.3) is 0 Å². The molecule has 2 atom stereocenters. The van der Waals surface area contributed by atoms with Crippen LogP contribution in [0.4, 0.5) is 4.39 Å². The Morgan fingerprint density at radius 3 is 2.68 bits per heavy atom. The summed E-state index contributed by atoms with van der Waals surface area (Å²) in [6.45, 7) is 8.65. The lowest BCUT2D eigenvalue weighted by molar-refractivity contribution is 0.154. The zero-order valence-corrected chi connectivity index (χ0v) is 26.4. The Morgan fingerprint density at radius 1 is 1.18 bits per heavy atom. The number of ether oxygens (including phenoxy) is 1. The van der Waals surface area contributed by atoms with Gasteiger partial charge in [-0.3, -0.25) is 9.98 Å². The first kappa shape index (κ1) is 33.3. The van der Waals surface area contributed by atoms with Crippen LogP contribution in [0.5, 0.6) is 0 Å². The van der Waals surface area contributed by atoms with Crippen molar-refractivity contribution < 1.29 is 9.13 Å². The molecule has 0 radical (unpaired) electrons. The molecule has 0 fully saturated rings. The van der Waals surface area contributed by atoms with Crippen molar-refractivity contribution in [2.75, 3.05) is 19.8 Å². The van der Waals surface area contributed by atoms with Crippen LogP contribution in [0.1, 0.15) is 57.6 Å². The molecule has 6 N–H and O–H groups in total. The number of rotatable bonds is 16. The van der Waals surface area contributed by atoms with Gasteiger partial charge in [0.15, 0.2) is 5.82 Å². The summed E-state index contributed by atoms with van der Waals surface area (Å²) in [5, 5.41) is 15.3. The monoisotopic (exact) mass is 623 g/mol. The van der Waals surface area contributed by atoms with E-state index in [1.165, 1.54) is 4.57 Å². The second-order valence-corrected chi connectivity index (χ2v) is 11.7. The summed E-state index contributed by atoms with van der Waals surface area (Å²) in [6, 6.07) is 13.3. The van der Waals surface area contributed by atoms with Gasteiger partial charge in [0, 0.05) is 55.3 Å². The summed E-state index contributed by atoms with van der Waals surface area (Å²) in [7, 11) is 0. The van der Waals surface area contributed by atoms with E-state index in [0.717, 1.165) is 43.4 Å². The lowest BCUT2D eigenvalue weighted by Gasteiger charge is -2.15. The number of amidine groups is 1. The maximum Gasteiger partial charge on any atom is 0.354 e. The van der Waals surface area contributed by atoms with Crippen molar-refractivity contribution in [2.24, 2.45) is 5.73 Å². The van der Waals surface area contributed by atoms with Crippen LogP contribution in [0.2, 0.25) is 5.02 Å². The van der Waals surface area contributed by atoms with Crippen LogP contribution in [-0.4, -0.2) is 52.2 Å². The van der Waals surface area contributed by atoms with Crippen LogP contribution in [0.15, 0.2) is 53.5 Å². The highest BCUT2D eigenvalue weighted by molar-refractivity contribution is 6.31. The Kier molecular flexibility index (Phi) is 12.1. The molecular formula is C33H43ClFN7O2. The lowest BCUT2D eigenvalue weighted by atomic mass is 10.0. The minimum atomic E-state index is -0.517. The normalized spacial score (nSPS) is 12.9. The first-order chi connectivity index (χ1) is 21.1. The number of aromatic nitrogens is 3. The SMILES string of the molecule is CCOCCC(=N)NCCC(C)NCc1ccc(-n2cc3cc(-c4cc(CCC[C@H](C)N)cc(Cl)c4F)[nH]c3nc2=O)cc1. The van der Waals surface area contributed by atoms with E-state index in [9.17, 15) is 4.79 Å². The summed E-state index contributed by atoms with van der Waals surface area (Å²) in [5.74, 6) is -0.0225. The topological polar surface area (TPSA) is 134 Å². The van der Waals surface area contributed by atoms with Crippen molar-refractivity contribution >= 4 is 28.5 Å². The predicted molar refractivity (Wildman–Crippen MR) is 176 cm³/mol. The number of nitrogens with one attached hydrogen (secondary N) is 4. The number of aromatic amines is 1. The Balaban J connectivity index is 1.40. The average molecular weight is 624 g/mol. The van der Waals surface area contributed by atoms with Gasteiger partial charge in [0.2, 0.25) is 0 Å². The fraction of sp³-hybridized carbons (Fsp3) is 0.424. The number of hydrogen-bond acceptors (Lipinski definition) is 6. The summed E-state index contributed by atoms with van der Waals surface area (Å²) in [4.78, 5) is 20.3. The summed E-state index contributed by atoms with van der Waals surface area (Å²) >= 11 is 6.24. The van der Waals surface area contributed by atoms with E-state index >= 15 is 4.39 Å². The van der Waals surface area contributed by atoms with E-state index in [2.05, 4.69) is 27.5 Å². The molecule has 0 saturated heterocycles. The van der Waals surface area contributed by atoms with E-state index in [0.29, 0.717) is 60.0 Å². The molecule has 0 aliphatic rings. The molecule has 2 heterocycles. The summed E-state index contributed by atoms with van der Waals surface area (Å²) in [5.41, 5.74) is 9.35. The number of benzene rings is 2. The molecule has 0 aliphatic carbocycles. The second kappa shape index (κ2) is 15.9. The molecule has 0 spiro atoms. The lowest BCUT2D eigenvalue weighted by Crippen LogP contribution is -2.32. The molecule has 9 nitrogen and oxygen atoms in total. The van der Waals surface area contributed by atoms with Gasteiger partial charge in [-0.25, -0.2) is 9.18 Å². The molecule has 0 amide bonds. The van der Waals surface area contributed by atoms with Crippen molar-refractivity contribution in [3.63, 3.8) is 0 Å². The van der Waals surface area contributed by atoms with E-state index < -0.39 is 11.5 Å². The van der Waals surface area contributed by atoms with Crippen molar-refractivity contribution in [3.05, 3.63) is 81.1 Å². The molecule has 0 saturated carbocycles. The van der Waals surface area contributed by atoms with Gasteiger partial charge in [-0.15, -0.1) is 0 Å². The van der Waals surface area contributed by atoms with Gasteiger partial charge in [-0.05, 0) is 87.9 Å². The quantitative estimate of drug-likeness (QED) is 0.0617. The predicted octanol–water partition coefficient (Wildman–Crippen LogP) is 5.70. The maximum atomic E-state index is 15.1. The molecule has 11 heteroatoms. The Morgan fingerprint density at radius 2 is 1.95 bits per heavy atom. The van der Waals surface area contributed by atoms with Crippen molar-refractivity contribution in [2.45, 2.75) is 71.5 Å². The third-order valence-electron chi connectivity index (χ3n) is 7.50. The molecule has 2 aromatic heterocycles. The fourth-order valence-electron chi connectivity index (χ4n) is 4.95. The molecule has 4 aromatic rings. The molecule has 236 valence electrons. The molecule has 0 bridgehead atoms. The molecule has 4 rings (SSSR count). The highest BCUT2D eigenvalue weighted by Gasteiger charge is 2.16. The Labute approximate surface area is 262 Å². The van der Waals surface area contributed by atoms with E-state index in [1.807, 2.05) is 38.1 Å². The third-order valence-corrected chi connectivity index (χ3v) is 7.77. The molecule has 2 aromatic carbocycles. The van der Waals surface area contributed by atoms with E-state index in [1.54, 1.807) is 24.4 Å². The van der Waals surface area contributed by atoms with Gasteiger partial charge in [-0.2, -0.15) is 4.98 Å².